The van der Waals surface area contributed by atoms with Gasteiger partial charge in [-0.1, -0.05) is 13.3 Å². The van der Waals surface area contributed by atoms with Gasteiger partial charge in [0.25, 0.3) is 0 Å². The summed E-state index contributed by atoms with van der Waals surface area (Å²) in [6.45, 7) is 4.85. The normalized spacial score (nSPS) is 19.2. The van der Waals surface area contributed by atoms with Crippen molar-refractivity contribution in [3.05, 3.63) is 0 Å². The molecule has 1 saturated heterocycles. The Morgan fingerprint density at radius 1 is 1.53 bits per heavy atom. The monoisotopic (exact) mass is 264 g/mol. The van der Waals surface area contributed by atoms with Crippen molar-refractivity contribution >= 4 is 18.3 Å². The zero-order valence-corrected chi connectivity index (χ0v) is 11.7. The van der Waals surface area contributed by atoms with Crippen molar-refractivity contribution in [1.29, 1.82) is 0 Å². The molecule has 1 aliphatic rings. The molecular formula is C12H25ClN2O2. The van der Waals surface area contributed by atoms with Gasteiger partial charge in [-0.2, -0.15) is 0 Å². The van der Waals surface area contributed by atoms with Gasteiger partial charge >= 0.3 is 0 Å². The predicted molar refractivity (Wildman–Crippen MR) is 71.6 cm³/mol. The number of carbonyl (C=O) groups excluding carboxylic acids is 1. The molecule has 1 aliphatic heterocycles. The summed E-state index contributed by atoms with van der Waals surface area (Å²) >= 11 is 0. The third-order valence-corrected chi connectivity index (χ3v) is 3.00. The van der Waals surface area contributed by atoms with Crippen LogP contribution in [-0.4, -0.2) is 50.2 Å². The van der Waals surface area contributed by atoms with Gasteiger partial charge in [0.2, 0.25) is 5.91 Å². The topological polar surface area (TPSA) is 41.6 Å². The van der Waals surface area contributed by atoms with Gasteiger partial charge in [-0.25, -0.2) is 0 Å². The Hall–Kier alpha value is -0.320. The Morgan fingerprint density at radius 2 is 2.29 bits per heavy atom. The molecule has 1 fully saturated rings. The number of rotatable bonds is 7. The van der Waals surface area contributed by atoms with E-state index in [2.05, 4.69) is 12.2 Å². The van der Waals surface area contributed by atoms with E-state index in [1.165, 1.54) is 0 Å². The molecule has 0 aliphatic carbocycles. The molecule has 0 spiro atoms. The Kier molecular flexibility index (Phi) is 9.50. The van der Waals surface area contributed by atoms with Gasteiger partial charge in [-0.3, -0.25) is 4.79 Å². The maximum Gasteiger partial charge on any atom is 0.248 e. The van der Waals surface area contributed by atoms with E-state index in [4.69, 9.17) is 4.74 Å². The van der Waals surface area contributed by atoms with Crippen molar-refractivity contribution in [3.8, 4) is 0 Å². The number of likely N-dealkylation sites (tertiary alicyclic amines) is 1. The Labute approximate surface area is 110 Å². The maximum atomic E-state index is 11.9. The fourth-order valence-corrected chi connectivity index (χ4v) is 2.10. The van der Waals surface area contributed by atoms with Gasteiger partial charge in [0.15, 0.2) is 0 Å². The van der Waals surface area contributed by atoms with Crippen LogP contribution in [-0.2, 0) is 9.53 Å². The van der Waals surface area contributed by atoms with E-state index in [1.54, 1.807) is 0 Å². The second-order valence-electron chi connectivity index (χ2n) is 4.35. The molecule has 0 radical (unpaired) electrons. The van der Waals surface area contributed by atoms with E-state index in [9.17, 15) is 4.79 Å². The van der Waals surface area contributed by atoms with Gasteiger partial charge in [0, 0.05) is 25.7 Å². The van der Waals surface area contributed by atoms with Crippen LogP contribution in [0.5, 0.6) is 0 Å². The molecule has 0 aromatic rings. The zero-order valence-electron chi connectivity index (χ0n) is 10.9. The minimum absolute atomic E-state index is 0. The number of unbranched alkanes of at least 4 members (excludes halogenated alkanes) is 1. The third kappa shape index (κ3) is 5.70. The molecule has 17 heavy (non-hydrogen) atoms. The van der Waals surface area contributed by atoms with E-state index < -0.39 is 0 Å². The smallest absolute Gasteiger partial charge is 0.248 e. The largest absolute Gasteiger partial charge is 0.372 e. The van der Waals surface area contributed by atoms with Crippen molar-refractivity contribution in [2.75, 3.05) is 33.4 Å². The highest BCUT2D eigenvalue weighted by molar-refractivity contribution is 5.85. The quantitative estimate of drug-likeness (QED) is 0.708. The number of nitrogens with zero attached hydrogens (tertiary/aromatic N) is 1. The average Bonchev–Trinajstić information content (AvgIpc) is 2.73. The predicted octanol–water partition coefficient (Wildman–Crippen LogP) is 1.44. The summed E-state index contributed by atoms with van der Waals surface area (Å²) in [6.07, 6.45) is 4.38. The molecule has 1 amide bonds. The zero-order chi connectivity index (χ0) is 11.8. The van der Waals surface area contributed by atoms with Crippen LogP contribution >= 0.6 is 12.4 Å². The van der Waals surface area contributed by atoms with E-state index in [-0.39, 0.29) is 24.9 Å². The fraction of sp³-hybridized carbons (Fsp3) is 0.917. The Bertz CT molecular complexity index is 215. The molecule has 1 atom stereocenters. The molecule has 102 valence electrons. The molecule has 1 rings (SSSR count). The molecule has 1 heterocycles. The summed E-state index contributed by atoms with van der Waals surface area (Å²) in [4.78, 5) is 13.8. The number of likely N-dealkylation sites (N-methyl/N-ethyl adjacent to an activating group) is 1. The lowest BCUT2D eigenvalue weighted by molar-refractivity contribution is -0.136. The first kappa shape index (κ1) is 16.7. The van der Waals surface area contributed by atoms with Crippen LogP contribution in [0.1, 0.15) is 32.6 Å². The van der Waals surface area contributed by atoms with E-state index in [0.29, 0.717) is 12.6 Å². The lowest BCUT2D eigenvalue weighted by atomic mass is 10.2. The molecule has 4 nitrogen and oxygen atoms in total. The van der Waals surface area contributed by atoms with Gasteiger partial charge in [-0.05, 0) is 26.3 Å². The maximum absolute atomic E-state index is 11.9. The van der Waals surface area contributed by atoms with Gasteiger partial charge in [0.05, 0.1) is 0 Å². The van der Waals surface area contributed by atoms with Crippen LogP contribution in [0.15, 0.2) is 0 Å². The molecule has 0 bridgehead atoms. The Morgan fingerprint density at radius 3 is 2.94 bits per heavy atom. The van der Waals surface area contributed by atoms with Gasteiger partial charge < -0.3 is 15.0 Å². The molecule has 0 aromatic heterocycles. The SMILES string of the molecule is CCCCOCC(=O)N1CCCC1CNC.Cl. The molecular weight excluding hydrogens is 240 g/mol. The van der Waals surface area contributed by atoms with Crippen molar-refractivity contribution in [3.63, 3.8) is 0 Å². The first-order valence-corrected chi connectivity index (χ1v) is 6.31. The molecule has 1 unspecified atom stereocenters. The molecule has 0 aromatic carbocycles. The molecule has 1 N–H and O–H groups in total. The minimum atomic E-state index is 0. The van der Waals surface area contributed by atoms with E-state index in [0.717, 1.165) is 38.8 Å². The van der Waals surface area contributed by atoms with Crippen molar-refractivity contribution < 1.29 is 9.53 Å². The molecule has 5 heteroatoms. The van der Waals surface area contributed by atoms with Crippen LogP contribution < -0.4 is 5.32 Å². The van der Waals surface area contributed by atoms with Crippen molar-refractivity contribution in [2.45, 2.75) is 38.6 Å². The summed E-state index contributed by atoms with van der Waals surface area (Å²) in [6, 6.07) is 0.368. The lowest BCUT2D eigenvalue weighted by Gasteiger charge is -2.24. The summed E-state index contributed by atoms with van der Waals surface area (Å²) in [5.74, 6) is 0.147. The highest BCUT2D eigenvalue weighted by Crippen LogP contribution is 2.16. The summed E-state index contributed by atoms with van der Waals surface area (Å²) < 4.78 is 5.36. The number of carbonyl (C=O) groups is 1. The summed E-state index contributed by atoms with van der Waals surface area (Å²) in [5, 5.41) is 3.14. The number of halogens is 1. The van der Waals surface area contributed by atoms with Crippen molar-refractivity contribution in [2.24, 2.45) is 0 Å². The van der Waals surface area contributed by atoms with Crippen LogP contribution in [0, 0.1) is 0 Å². The number of ether oxygens (including phenoxy) is 1. The van der Waals surface area contributed by atoms with Crippen molar-refractivity contribution in [1.82, 2.24) is 10.2 Å². The Balaban J connectivity index is 0.00000256. The highest BCUT2D eigenvalue weighted by Gasteiger charge is 2.27. The minimum Gasteiger partial charge on any atom is -0.372 e. The van der Waals surface area contributed by atoms with Crippen LogP contribution in [0.25, 0.3) is 0 Å². The second-order valence-corrected chi connectivity index (χ2v) is 4.35. The van der Waals surface area contributed by atoms with Crippen LogP contribution in [0.2, 0.25) is 0 Å². The standard InChI is InChI=1S/C12H24N2O2.ClH/c1-3-4-8-16-10-12(15)14-7-5-6-11(14)9-13-2;/h11,13H,3-10H2,1-2H3;1H. The number of hydrogen-bond acceptors (Lipinski definition) is 3. The number of nitrogens with one attached hydrogen (secondary N) is 1. The van der Waals surface area contributed by atoms with Crippen LogP contribution in [0.4, 0.5) is 0 Å². The lowest BCUT2D eigenvalue weighted by Crippen LogP contribution is -2.42. The third-order valence-electron chi connectivity index (χ3n) is 3.00. The first-order valence-electron chi connectivity index (χ1n) is 6.31. The molecule has 0 saturated carbocycles. The number of hydrogen-bond donors (Lipinski definition) is 1. The van der Waals surface area contributed by atoms with Gasteiger partial charge in [-0.15, -0.1) is 12.4 Å². The summed E-state index contributed by atoms with van der Waals surface area (Å²) in [5.41, 5.74) is 0. The highest BCUT2D eigenvalue weighted by atomic mass is 35.5. The van der Waals surface area contributed by atoms with Crippen LogP contribution in [0.3, 0.4) is 0 Å². The van der Waals surface area contributed by atoms with E-state index in [1.807, 2.05) is 11.9 Å². The second kappa shape index (κ2) is 9.68. The number of amides is 1. The fourth-order valence-electron chi connectivity index (χ4n) is 2.10. The van der Waals surface area contributed by atoms with Gasteiger partial charge in [0.1, 0.15) is 6.61 Å². The van der Waals surface area contributed by atoms with E-state index >= 15 is 0 Å². The average molecular weight is 265 g/mol. The summed E-state index contributed by atoms with van der Waals surface area (Å²) in [7, 11) is 1.93. The first-order chi connectivity index (χ1) is 7.79.